The minimum absolute atomic E-state index is 0.139. The van der Waals surface area contributed by atoms with Crippen LogP contribution in [0.3, 0.4) is 0 Å². The molecule has 28 heavy (non-hydrogen) atoms. The van der Waals surface area contributed by atoms with Crippen molar-refractivity contribution < 1.29 is 9.59 Å². The van der Waals surface area contributed by atoms with Crippen molar-refractivity contribution in [3.05, 3.63) is 64.1 Å². The highest BCUT2D eigenvalue weighted by Gasteiger charge is 2.16. The second kappa shape index (κ2) is 9.18. The molecule has 1 heterocycles. The first kappa shape index (κ1) is 20.3. The van der Waals surface area contributed by atoms with Gasteiger partial charge in [-0.05, 0) is 56.3 Å². The zero-order chi connectivity index (χ0) is 20.1. The molecule has 0 fully saturated rings. The molecule has 3 rings (SSSR count). The lowest BCUT2D eigenvalue weighted by Gasteiger charge is -2.11. The van der Waals surface area contributed by atoms with Gasteiger partial charge in [-0.25, -0.2) is 0 Å². The van der Waals surface area contributed by atoms with Crippen molar-refractivity contribution in [2.75, 3.05) is 10.6 Å². The molecular weight excluding hydrogens is 416 g/mol. The summed E-state index contributed by atoms with van der Waals surface area (Å²) in [5.74, 6) is -0.373. The van der Waals surface area contributed by atoms with E-state index in [-0.39, 0.29) is 17.1 Å². The molecule has 2 N–H and O–H groups in total. The van der Waals surface area contributed by atoms with E-state index in [0.717, 1.165) is 9.90 Å². The highest BCUT2D eigenvalue weighted by molar-refractivity contribution is 8.00. The predicted octanol–water partition coefficient (Wildman–Crippen LogP) is 4.87. The van der Waals surface area contributed by atoms with Gasteiger partial charge in [0, 0.05) is 21.2 Å². The minimum Gasteiger partial charge on any atom is -0.322 e. The fourth-order valence-electron chi connectivity index (χ4n) is 2.26. The average Bonchev–Trinajstić information content (AvgIpc) is 3.08. The fraction of sp³-hybridized carbons (Fsp3) is 0.158. The molecule has 0 radical (unpaired) electrons. The van der Waals surface area contributed by atoms with Crippen LogP contribution in [0.1, 0.15) is 22.3 Å². The molecule has 0 aliphatic heterocycles. The van der Waals surface area contributed by atoms with Crippen molar-refractivity contribution in [2.45, 2.75) is 24.0 Å². The Bertz CT molecular complexity index is 992. The number of thioether (sulfide) groups is 1. The molecule has 0 aliphatic rings. The maximum atomic E-state index is 12.3. The number of benzene rings is 2. The summed E-state index contributed by atoms with van der Waals surface area (Å²) in [7, 11) is 0. The topological polar surface area (TPSA) is 84.0 Å². The number of nitrogens with one attached hydrogen (secondary N) is 2. The van der Waals surface area contributed by atoms with Crippen LogP contribution in [-0.4, -0.2) is 27.3 Å². The van der Waals surface area contributed by atoms with Crippen LogP contribution in [-0.2, 0) is 4.79 Å². The largest absolute Gasteiger partial charge is 0.322 e. The summed E-state index contributed by atoms with van der Waals surface area (Å²) >= 11 is 8.67. The molecule has 144 valence electrons. The number of anilines is 2. The Morgan fingerprint density at radius 3 is 2.50 bits per heavy atom. The number of carbonyl (C=O) groups excluding carboxylic acids is 2. The summed E-state index contributed by atoms with van der Waals surface area (Å²) in [6.45, 7) is 3.65. The van der Waals surface area contributed by atoms with E-state index in [1.807, 2.05) is 26.0 Å². The smallest absolute Gasteiger partial charge is 0.255 e. The highest BCUT2D eigenvalue weighted by Crippen LogP contribution is 2.26. The number of carbonyl (C=O) groups is 2. The van der Waals surface area contributed by atoms with E-state index in [1.54, 1.807) is 36.4 Å². The summed E-state index contributed by atoms with van der Waals surface area (Å²) in [6, 6.07) is 14.1. The van der Waals surface area contributed by atoms with Crippen LogP contribution in [0.5, 0.6) is 0 Å². The van der Waals surface area contributed by atoms with E-state index in [0.29, 0.717) is 21.4 Å². The van der Waals surface area contributed by atoms with Gasteiger partial charge in [-0.1, -0.05) is 29.0 Å². The maximum Gasteiger partial charge on any atom is 0.255 e. The van der Waals surface area contributed by atoms with E-state index in [9.17, 15) is 9.59 Å². The van der Waals surface area contributed by atoms with Gasteiger partial charge in [0.25, 0.3) is 5.91 Å². The molecule has 0 spiro atoms. The van der Waals surface area contributed by atoms with Crippen molar-refractivity contribution in [1.29, 1.82) is 0 Å². The standard InChI is InChI=1S/C19H17ClN4O2S2/c1-11(17(25)22-19-24-23-12(2)28-19)27-16-8-6-15(7-9-16)21-18(26)13-4-3-5-14(20)10-13/h3-11H,1-2H3,(H,21,26)(H,22,24,25). The minimum atomic E-state index is -0.309. The molecule has 1 aromatic heterocycles. The normalized spacial score (nSPS) is 11.7. The van der Waals surface area contributed by atoms with Crippen molar-refractivity contribution in [2.24, 2.45) is 0 Å². The summed E-state index contributed by atoms with van der Waals surface area (Å²) in [6.07, 6.45) is 0. The number of halogens is 1. The van der Waals surface area contributed by atoms with Gasteiger partial charge in [-0.3, -0.25) is 14.9 Å². The first-order valence-electron chi connectivity index (χ1n) is 8.35. The second-order valence-electron chi connectivity index (χ2n) is 5.86. The van der Waals surface area contributed by atoms with Crippen molar-refractivity contribution in [1.82, 2.24) is 10.2 Å². The van der Waals surface area contributed by atoms with Gasteiger partial charge in [0.05, 0.1) is 5.25 Å². The van der Waals surface area contributed by atoms with Gasteiger partial charge >= 0.3 is 0 Å². The van der Waals surface area contributed by atoms with E-state index in [4.69, 9.17) is 11.6 Å². The molecule has 2 aromatic carbocycles. The summed E-state index contributed by atoms with van der Waals surface area (Å²) in [5.41, 5.74) is 1.15. The number of nitrogens with zero attached hydrogens (tertiary/aromatic N) is 2. The third-order valence-electron chi connectivity index (χ3n) is 3.64. The molecule has 1 unspecified atom stereocenters. The molecule has 1 atom stereocenters. The molecule has 9 heteroatoms. The van der Waals surface area contributed by atoms with Crippen LogP contribution in [0.2, 0.25) is 5.02 Å². The van der Waals surface area contributed by atoms with Gasteiger partial charge in [0.2, 0.25) is 11.0 Å². The lowest BCUT2D eigenvalue weighted by atomic mass is 10.2. The summed E-state index contributed by atoms with van der Waals surface area (Å²) in [4.78, 5) is 25.4. The molecule has 0 bridgehead atoms. The number of amides is 2. The lowest BCUT2D eigenvalue weighted by Crippen LogP contribution is -2.22. The number of rotatable bonds is 6. The van der Waals surface area contributed by atoms with Crippen LogP contribution in [0, 0.1) is 6.92 Å². The zero-order valence-electron chi connectivity index (χ0n) is 15.1. The fourth-order valence-corrected chi connectivity index (χ4v) is 3.91. The van der Waals surface area contributed by atoms with Gasteiger partial charge < -0.3 is 5.32 Å². The Hall–Kier alpha value is -2.42. The molecule has 3 aromatic rings. The SMILES string of the molecule is Cc1nnc(NC(=O)C(C)Sc2ccc(NC(=O)c3cccc(Cl)c3)cc2)s1. The Labute approximate surface area is 175 Å². The van der Waals surface area contributed by atoms with E-state index >= 15 is 0 Å². The van der Waals surface area contributed by atoms with Crippen LogP contribution < -0.4 is 10.6 Å². The average molecular weight is 433 g/mol. The number of hydrogen-bond acceptors (Lipinski definition) is 6. The number of hydrogen-bond donors (Lipinski definition) is 2. The zero-order valence-corrected chi connectivity index (χ0v) is 17.5. The van der Waals surface area contributed by atoms with Crippen molar-refractivity contribution in [3.8, 4) is 0 Å². The van der Waals surface area contributed by atoms with Crippen LogP contribution in [0.4, 0.5) is 10.8 Å². The number of aryl methyl sites for hydroxylation is 1. The molecular formula is C19H17ClN4O2S2. The first-order valence-corrected chi connectivity index (χ1v) is 10.4. The third kappa shape index (κ3) is 5.54. The van der Waals surface area contributed by atoms with Gasteiger partial charge in [0.15, 0.2) is 0 Å². The Morgan fingerprint density at radius 2 is 1.86 bits per heavy atom. The highest BCUT2D eigenvalue weighted by atomic mass is 35.5. The monoisotopic (exact) mass is 432 g/mol. The van der Waals surface area contributed by atoms with E-state index in [2.05, 4.69) is 20.8 Å². The quantitative estimate of drug-likeness (QED) is 0.543. The number of aromatic nitrogens is 2. The Morgan fingerprint density at radius 1 is 1.11 bits per heavy atom. The summed E-state index contributed by atoms with van der Waals surface area (Å²) in [5, 5.41) is 14.8. The Balaban J connectivity index is 1.56. The lowest BCUT2D eigenvalue weighted by molar-refractivity contribution is -0.115. The van der Waals surface area contributed by atoms with Crippen molar-refractivity contribution >= 4 is 57.3 Å². The van der Waals surface area contributed by atoms with Gasteiger partial charge in [-0.15, -0.1) is 22.0 Å². The van der Waals surface area contributed by atoms with Crippen LogP contribution in [0.15, 0.2) is 53.4 Å². The van der Waals surface area contributed by atoms with E-state index < -0.39 is 0 Å². The molecule has 0 aliphatic carbocycles. The molecule has 2 amide bonds. The second-order valence-corrected chi connectivity index (χ2v) is 8.90. The maximum absolute atomic E-state index is 12.3. The van der Waals surface area contributed by atoms with Crippen LogP contribution >= 0.6 is 34.7 Å². The summed E-state index contributed by atoms with van der Waals surface area (Å²) < 4.78 is 0. The third-order valence-corrected chi connectivity index (χ3v) is 5.74. The van der Waals surface area contributed by atoms with Crippen molar-refractivity contribution in [3.63, 3.8) is 0 Å². The predicted molar refractivity (Wildman–Crippen MR) is 114 cm³/mol. The van der Waals surface area contributed by atoms with Gasteiger partial charge in [-0.2, -0.15) is 0 Å². The molecule has 0 saturated carbocycles. The Kier molecular flexibility index (Phi) is 6.66. The van der Waals surface area contributed by atoms with Gasteiger partial charge in [0.1, 0.15) is 5.01 Å². The first-order chi connectivity index (χ1) is 13.4. The molecule has 6 nitrogen and oxygen atoms in total. The van der Waals surface area contributed by atoms with E-state index in [1.165, 1.54) is 23.1 Å². The molecule has 0 saturated heterocycles. The van der Waals surface area contributed by atoms with Crippen LogP contribution in [0.25, 0.3) is 0 Å².